The summed E-state index contributed by atoms with van der Waals surface area (Å²) in [5.41, 5.74) is 0. The fourth-order valence-corrected chi connectivity index (χ4v) is 1.44. The van der Waals surface area contributed by atoms with Crippen LogP contribution in [0.15, 0.2) is 0 Å². The minimum absolute atomic E-state index is 0.0969. The standard InChI is InChI=1S/C8H15NO3/c1-6(11)12-8-4-9-3-2-7(8)5-10/h7-10H,2-5H2,1H3. The van der Waals surface area contributed by atoms with E-state index in [-0.39, 0.29) is 24.6 Å². The van der Waals surface area contributed by atoms with Gasteiger partial charge in [-0.1, -0.05) is 0 Å². The zero-order valence-electron chi connectivity index (χ0n) is 7.25. The van der Waals surface area contributed by atoms with Crippen molar-refractivity contribution in [2.24, 2.45) is 5.92 Å². The molecule has 0 bridgehead atoms. The van der Waals surface area contributed by atoms with Crippen LogP contribution in [0.4, 0.5) is 0 Å². The van der Waals surface area contributed by atoms with Gasteiger partial charge >= 0.3 is 5.97 Å². The SMILES string of the molecule is CC(=O)OC1CNCCC1CO. The maximum Gasteiger partial charge on any atom is 0.302 e. The van der Waals surface area contributed by atoms with Crippen molar-refractivity contribution >= 4 is 5.97 Å². The zero-order chi connectivity index (χ0) is 8.97. The van der Waals surface area contributed by atoms with Crippen LogP contribution >= 0.6 is 0 Å². The van der Waals surface area contributed by atoms with Crippen molar-refractivity contribution in [3.63, 3.8) is 0 Å². The van der Waals surface area contributed by atoms with Crippen LogP contribution in [-0.4, -0.2) is 36.9 Å². The summed E-state index contributed by atoms with van der Waals surface area (Å²) in [5, 5.41) is 12.1. The zero-order valence-corrected chi connectivity index (χ0v) is 7.25. The van der Waals surface area contributed by atoms with Gasteiger partial charge in [0.2, 0.25) is 0 Å². The molecule has 1 aliphatic heterocycles. The monoisotopic (exact) mass is 173 g/mol. The molecule has 70 valence electrons. The van der Waals surface area contributed by atoms with Gasteiger partial charge in [-0.25, -0.2) is 0 Å². The summed E-state index contributed by atoms with van der Waals surface area (Å²) >= 11 is 0. The van der Waals surface area contributed by atoms with Gasteiger partial charge in [-0.05, 0) is 13.0 Å². The van der Waals surface area contributed by atoms with Gasteiger partial charge in [0, 0.05) is 26.0 Å². The van der Waals surface area contributed by atoms with Crippen LogP contribution in [0.3, 0.4) is 0 Å². The number of rotatable bonds is 2. The lowest BCUT2D eigenvalue weighted by atomic mass is 9.96. The largest absolute Gasteiger partial charge is 0.461 e. The molecule has 2 N–H and O–H groups in total. The van der Waals surface area contributed by atoms with E-state index in [4.69, 9.17) is 9.84 Å². The van der Waals surface area contributed by atoms with E-state index in [9.17, 15) is 4.79 Å². The van der Waals surface area contributed by atoms with Gasteiger partial charge in [-0.3, -0.25) is 4.79 Å². The number of carbonyl (C=O) groups excluding carboxylic acids is 1. The average Bonchev–Trinajstić information content (AvgIpc) is 2.04. The van der Waals surface area contributed by atoms with E-state index in [1.165, 1.54) is 6.92 Å². The highest BCUT2D eigenvalue weighted by atomic mass is 16.5. The lowest BCUT2D eigenvalue weighted by Gasteiger charge is -2.29. The van der Waals surface area contributed by atoms with Crippen LogP contribution in [0.25, 0.3) is 0 Å². The third kappa shape index (κ3) is 2.46. The van der Waals surface area contributed by atoms with Crippen molar-refractivity contribution in [1.82, 2.24) is 5.32 Å². The van der Waals surface area contributed by atoms with Crippen molar-refractivity contribution in [3.8, 4) is 0 Å². The minimum atomic E-state index is -0.276. The number of hydrogen-bond donors (Lipinski definition) is 2. The van der Waals surface area contributed by atoms with Crippen LogP contribution < -0.4 is 5.32 Å². The molecule has 0 aromatic heterocycles. The van der Waals surface area contributed by atoms with E-state index >= 15 is 0 Å². The highest BCUT2D eigenvalue weighted by Gasteiger charge is 2.26. The normalized spacial score (nSPS) is 29.8. The second-order valence-electron chi connectivity index (χ2n) is 3.08. The number of piperidine rings is 1. The van der Waals surface area contributed by atoms with Crippen molar-refractivity contribution in [1.29, 1.82) is 0 Å². The average molecular weight is 173 g/mol. The summed E-state index contributed by atoms with van der Waals surface area (Å²) < 4.78 is 5.03. The number of nitrogens with one attached hydrogen (secondary N) is 1. The smallest absolute Gasteiger partial charge is 0.302 e. The molecule has 0 amide bonds. The fraction of sp³-hybridized carbons (Fsp3) is 0.875. The number of aliphatic hydroxyl groups excluding tert-OH is 1. The minimum Gasteiger partial charge on any atom is -0.461 e. The van der Waals surface area contributed by atoms with Crippen LogP contribution in [0.2, 0.25) is 0 Å². The van der Waals surface area contributed by atoms with E-state index in [2.05, 4.69) is 5.32 Å². The molecule has 2 unspecified atom stereocenters. The Kier molecular flexibility index (Phi) is 3.49. The molecule has 1 heterocycles. The Morgan fingerprint density at radius 1 is 1.75 bits per heavy atom. The van der Waals surface area contributed by atoms with Gasteiger partial charge in [-0.2, -0.15) is 0 Å². The lowest BCUT2D eigenvalue weighted by Crippen LogP contribution is -2.44. The first-order valence-electron chi connectivity index (χ1n) is 4.23. The predicted octanol–water partition coefficient (Wildman–Crippen LogP) is -0.480. The first kappa shape index (κ1) is 9.48. The van der Waals surface area contributed by atoms with E-state index in [0.29, 0.717) is 6.54 Å². The summed E-state index contributed by atoms with van der Waals surface area (Å²) in [5.74, 6) is -0.169. The maximum atomic E-state index is 10.6. The molecule has 1 fully saturated rings. The van der Waals surface area contributed by atoms with E-state index in [1.54, 1.807) is 0 Å². The summed E-state index contributed by atoms with van der Waals surface area (Å²) in [7, 11) is 0. The highest BCUT2D eigenvalue weighted by molar-refractivity contribution is 5.66. The van der Waals surface area contributed by atoms with Gasteiger partial charge in [0.05, 0.1) is 0 Å². The van der Waals surface area contributed by atoms with Crippen LogP contribution in [0.5, 0.6) is 0 Å². The Morgan fingerprint density at radius 3 is 3.08 bits per heavy atom. The van der Waals surface area contributed by atoms with E-state index < -0.39 is 0 Å². The topological polar surface area (TPSA) is 58.6 Å². The molecular formula is C8H15NO3. The fourth-order valence-electron chi connectivity index (χ4n) is 1.44. The van der Waals surface area contributed by atoms with Gasteiger partial charge < -0.3 is 15.2 Å². The first-order chi connectivity index (χ1) is 5.74. The summed E-state index contributed by atoms with van der Waals surface area (Å²) in [6.07, 6.45) is 0.718. The van der Waals surface area contributed by atoms with Gasteiger partial charge in [0.25, 0.3) is 0 Å². The molecule has 0 radical (unpaired) electrons. The number of hydrogen-bond acceptors (Lipinski definition) is 4. The Morgan fingerprint density at radius 2 is 2.50 bits per heavy atom. The van der Waals surface area contributed by atoms with E-state index in [0.717, 1.165) is 13.0 Å². The number of ether oxygens (including phenoxy) is 1. The molecule has 1 aliphatic rings. The van der Waals surface area contributed by atoms with Crippen LogP contribution in [0.1, 0.15) is 13.3 Å². The summed E-state index contributed by atoms with van der Waals surface area (Å²) in [6.45, 7) is 3.04. The molecule has 4 heteroatoms. The molecule has 0 spiro atoms. The molecule has 1 saturated heterocycles. The second-order valence-corrected chi connectivity index (χ2v) is 3.08. The predicted molar refractivity (Wildman–Crippen MR) is 43.6 cm³/mol. The van der Waals surface area contributed by atoms with Crippen molar-refractivity contribution in [2.75, 3.05) is 19.7 Å². The second kappa shape index (κ2) is 4.42. The van der Waals surface area contributed by atoms with Gasteiger partial charge in [0.15, 0.2) is 0 Å². The number of carbonyl (C=O) groups is 1. The molecule has 0 aliphatic carbocycles. The maximum absolute atomic E-state index is 10.6. The molecule has 1 rings (SSSR count). The first-order valence-corrected chi connectivity index (χ1v) is 4.23. The number of esters is 1. The van der Waals surface area contributed by atoms with Crippen LogP contribution in [-0.2, 0) is 9.53 Å². The Labute approximate surface area is 71.9 Å². The Balaban J connectivity index is 2.41. The number of aliphatic hydroxyl groups is 1. The molecule has 2 atom stereocenters. The third-order valence-corrected chi connectivity index (χ3v) is 2.12. The van der Waals surface area contributed by atoms with Crippen LogP contribution in [0, 0.1) is 5.92 Å². The summed E-state index contributed by atoms with van der Waals surface area (Å²) in [4.78, 5) is 10.6. The quantitative estimate of drug-likeness (QED) is 0.554. The van der Waals surface area contributed by atoms with Gasteiger partial charge in [-0.15, -0.1) is 0 Å². The molecule has 4 nitrogen and oxygen atoms in total. The van der Waals surface area contributed by atoms with Crippen molar-refractivity contribution in [3.05, 3.63) is 0 Å². The lowest BCUT2D eigenvalue weighted by molar-refractivity contribution is -0.150. The third-order valence-electron chi connectivity index (χ3n) is 2.12. The highest BCUT2D eigenvalue weighted by Crippen LogP contribution is 2.14. The molecule has 0 aromatic rings. The van der Waals surface area contributed by atoms with Crippen molar-refractivity contribution < 1.29 is 14.6 Å². The molecular weight excluding hydrogens is 158 g/mol. The Hall–Kier alpha value is -0.610. The molecule has 0 saturated carbocycles. The Bertz CT molecular complexity index is 160. The van der Waals surface area contributed by atoms with Crippen molar-refractivity contribution in [2.45, 2.75) is 19.4 Å². The molecule has 12 heavy (non-hydrogen) atoms. The molecule has 0 aromatic carbocycles. The summed E-state index contributed by atoms with van der Waals surface area (Å²) in [6, 6.07) is 0. The van der Waals surface area contributed by atoms with E-state index in [1.807, 2.05) is 0 Å². The van der Waals surface area contributed by atoms with Gasteiger partial charge in [0.1, 0.15) is 6.10 Å².